The van der Waals surface area contributed by atoms with Gasteiger partial charge >= 0.3 is 5.97 Å². The molecular weight excluding hydrogens is 198 g/mol. The first kappa shape index (κ1) is 10.9. The summed E-state index contributed by atoms with van der Waals surface area (Å²) in [6.45, 7) is 3.36. The fraction of sp³-hybridized carbons (Fsp3) is 0.100. The van der Waals surface area contributed by atoms with Gasteiger partial charge in [-0.3, -0.25) is 10.1 Å². The Labute approximate surface area is 86.1 Å². The number of nitrogens with zero attached hydrogens (tertiary/aromatic N) is 1. The number of non-ortho nitro benzene ring substituents is 1. The maximum Gasteiger partial charge on any atom is 0.338 e. The van der Waals surface area contributed by atoms with Crippen LogP contribution in [0.15, 0.2) is 24.8 Å². The molecular formula is C10H8NO4. The van der Waals surface area contributed by atoms with Crippen LogP contribution in [-0.2, 0) is 4.74 Å². The Morgan fingerprint density at radius 3 is 2.67 bits per heavy atom. The second-order valence-electron chi connectivity index (χ2n) is 2.69. The zero-order chi connectivity index (χ0) is 11.4. The summed E-state index contributed by atoms with van der Waals surface area (Å²) in [5.41, 5.74) is 0.298. The molecule has 0 heterocycles. The largest absolute Gasteiger partial charge is 0.465 e. The van der Waals surface area contributed by atoms with Crippen LogP contribution >= 0.6 is 0 Å². The van der Waals surface area contributed by atoms with Gasteiger partial charge in [0.05, 0.1) is 17.6 Å². The third-order valence-electron chi connectivity index (χ3n) is 1.75. The van der Waals surface area contributed by atoms with Crippen molar-refractivity contribution < 1.29 is 14.5 Å². The molecule has 0 saturated carbocycles. The van der Waals surface area contributed by atoms with Crippen LogP contribution in [0.3, 0.4) is 0 Å². The van der Waals surface area contributed by atoms with Crippen molar-refractivity contribution in [2.24, 2.45) is 0 Å². The number of hydrogen-bond donors (Lipinski definition) is 0. The van der Waals surface area contributed by atoms with Crippen molar-refractivity contribution in [3.63, 3.8) is 0 Å². The molecule has 5 nitrogen and oxygen atoms in total. The lowest BCUT2D eigenvalue weighted by Crippen LogP contribution is -2.02. The van der Waals surface area contributed by atoms with Gasteiger partial charge in [0.2, 0.25) is 0 Å². The second-order valence-corrected chi connectivity index (χ2v) is 2.69. The zero-order valence-corrected chi connectivity index (χ0v) is 8.02. The van der Waals surface area contributed by atoms with Gasteiger partial charge in [0.15, 0.2) is 0 Å². The third kappa shape index (κ3) is 2.40. The molecule has 0 aliphatic heterocycles. The summed E-state index contributed by atoms with van der Waals surface area (Å²) in [6.07, 6.45) is 2.48. The van der Waals surface area contributed by atoms with Crippen molar-refractivity contribution in [1.82, 2.24) is 0 Å². The maximum atomic E-state index is 11.2. The third-order valence-corrected chi connectivity index (χ3v) is 1.75. The van der Waals surface area contributed by atoms with Crippen LogP contribution in [-0.4, -0.2) is 18.0 Å². The van der Waals surface area contributed by atoms with E-state index < -0.39 is 10.9 Å². The predicted octanol–water partition coefficient (Wildman–Crippen LogP) is 1.72. The SMILES string of the molecule is C=[C]c1cc(C(=O)OC)cc([N+](=O)[O-])c1. The van der Waals surface area contributed by atoms with Crippen LogP contribution in [0.2, 0.25) is 0 Å². The molecule has 0 atom stereocenters. The van der Waals surface area contributed by atoms with E-state index >= 15 is 0 Å². The molecule has 1 aromatic carbocycles. The predicted molar refractivity (Wildman–Crippen MR) is 52.4 cm³/mol. The molecule has 15 heavy (non-hydrogen) atoms. The van der Waals surface area contributed by atoms with Crippen molar-refractivity contribution >= 4 is 11.7 Å². The van der Waals surface area contributed by atoms with Gasteiger partial charge in [-0.05, 0) is 17.7 Å². The summed E-state index contributed by atoms with van der Waals surface area (Å²) < 4.78 is 4.46. The first-order valence-electron chi connectivity index (χ1n) is 3.99. The standard InChI is InChI=1S/C10H8NO4/c1-3-7-4-8(10(12)15-2)6-9(5-7)11(13)14/h4-6H,1H2,2H3. The van der Waals surface area contributed by atoms with Gasteiger partial charge in [0, 0.05) is 12.1 Å². The molecule has 1 aromatic rings. The molecule has 0 saturated heterocycles. The minimum atomic E-state index is -0.629. The number of benzene rings is 1. The van der Waals surface area contributed by atoms with Crippen molar-refractivity contribution in [1.29, 1.82) is 0 Å². The van der Waals surface area contributed by atoms with Crippen molar-refractivity contribution in [2.45, 2.75) is 0 Å². The highest BCUT2D eigenvalue weighted by molar-refractivity contribution is 5.90. The maximum absolute atomic E-state index is 11.2. The van der Waals surface area contributed by atoms with E-state index in [9.17, 15) is 14.9 Å². The topological polar surface area (TPSA) is 69.4 Å². The summed E-state index contributed by atoms with van der Waals surface area (Å²) in [4.78, 5) is 21.1. The zero-order valence-electron chi connectivity index (χ0n) is 8.02. The van der Waals surface area contributed by atoms with Gasteiger partial charge in [-0.2, -0.15) is 0 Å². The van der Waals surface area contributed by atoms with Gasteiger partial charge in [-0.1, -0.05) is 6.58 Å². The molecule has 0 aliphatic rings. The fourth-order valence-corrected chi connectivity index (χ4v) is 1.05. The highest BCUT2D eigenvalue weighted by atomic mass is 16.6. The first-order valence-corrected chi connectivity index (χ1v) is 3.99. The first-order chi connectivity index (χ1) is 7.08. The van der Waals surface area contributed by atoms with E-state index in [1.165, 1.54) is 19.2 Å². The quantitative estimate of drug-likeness (QED) is 0.429. The van der Waals surface area contributed by atoms with Gasteiger partial charge < -0.3 is 4.74 Å². The van der Waals surface area contributed by atoms with Crippen molar-refractivity contribution in [2.75, 3.05) is 7.11 Å². The fourth-order valence-electron chi connectivity index (χ4n) is 1.05. The minimum Gasteiger partial charge on any atom is -0.465 e. The van der Waals surface area contributed by atoms with E-state index in [0.717, 1.165) is 6.07 Å². The van der Waals surface area contributed by atoms with Gasteiger partial charge in [0.1, 0.15) is 0 Å². The minimum absolute atomic E-state index is 0.109. The number of nitro benzene ring substituents is 1. The van der Waals surface area contributed by atoms with Crippen LogP contribution in [0.5, 0.6) is 0 Å². The Kier molecular flexibility index (Phi) is 3.17. The van der Waals surface area contributed by atoms with E-state index in [0.29, 0.717) is 5.56 Å². The summed E-state index contributed by atoms with van der Waals surface area (Å²) in [7, 11) is 1.21. The summed E-state index contributed by atoms with van der Waals surface area (Å²) in [5.74, 6) is -0.629. The Bertz CT molecular complexity index is 425. The number of carbonyl (C=O) groups excluding carboxylic acids is 1. The molecule has 0 amide bonds. The van der Waals surface area contributed by atoms with Crippen LogP contribution in [0.4, 0.5) is 5.69 Å². The number of rotatable bonds is 3. The molecule has 5 heteroatoms. The molecule has 0 unspecified atom stereocenters. The Balaban J connectivity index is 3.28. The Hall–Kier alpha value is -2.17. The van der Waals surface area contributed by atoms with Crippen LogP contribution in [0, 0.1) is 16.2 Å². The average Bonchev–Trinajstić information content (AvgIpc) is 2.27. The van der Waals surface area contributed by atoms with E-state index in [2.05, 4.69) is 17.4 Å². The summed E-state index contributed by atoms with van der Waals surface area (Å²) in [6, 6.07) is 3.85. The lowest BCUT2D eigenvalue weighted by atomic mass is 10.1. The van der Waals surface area contributed by atoms with Crippen LogP contribution < -0.4 is 0 Å². The number of methoxy groups -OCH3 is 1. The van der Waals surface area contributed by atoms with E-state index in [-0.39, 0.29) is 11.3 Å². The normalized spacial score (nSPS) is 9.40. The van der Waals surface area contributed by atoms with Crippen LogP contribution in [0.1, 0.15) is 15.9 Å². The van der Waals surface area contributed by atoms with E-state index in [1.54, 1.807) is 0 Å². The molecule has 1 rings (SSSR count). The number of hydrogen-bond acceptors (Lipinski definition) is 4. The molecule has 1 radical (unpaired) electrons. The number of nitro groups is 1. The molecule has 0 spiro atoms. The van der Waals surface area contributed by atoms with Gasteiger partial charge in [0.25, 0.3) is 5.69 Å². The second kappa shape index (κ2) is 4.36. The van der Waals surface area contributed by atoms with Gasteiger partial charge in [-0.15, -0.1) is 0 Å². The molecule has 0 bridgehead atoms. The smallest absolute Gasteiger partial charge is 0.338 e. The highest BCUT2D eigenvalue weighted by Gasteiger charge is 2.13. The molecule has 0 N–H and O–H groups in total. The van der Waals surface area contributed by atoms with Gasteiger partial charge in [-0.25, -0.2) is 4.79 Å². The summed E-state index contributed by atoms with van der Waals surface area (Å²) >= 11 is 0. The number of carbonyl (C=O) groups is 1. The number of esters is 1. The van der Waals surface area contributed by atoms with Crippen LogP contribution in [0.25, 0.3) is 0 Å². The van der Waals surface area contributed by atoms with Crippen molar-refractivity contribution in [3.05, 3.63) is 52.1 Å². The molecule has 0 fully saturated rings. The van der Waals surface area contributed by atoms with E-state index in [1.807, 2.05) is 0 Å². The molecule has 77 valence electrons. The van der Waals surface area contributed by atoms with E-state index in [4.69, 9.17) is 0 Å². The molecule has 0 aliphatic carbocycles. The Morgan fingerprint density at radius 1 is 1.53 bits per heavy atom. The highest BCUT2D eigenvalue weighted by Crippen LogP contribution is 2.17. The van der Waals surface area contributed by atoms with Crippen molar-refractivity contribution in [3.8, 4) is 0 Å². The lowest BCUT2D eigenvalue weighted by Gasteiger charge is -2.00. The molecule has 0 aromatic heterocycles. The lowest BCUT2D eigenvalue weighted by molar-refractivity contribution is -0.384. The monoisotopic (exact) mass is 206 g/mol. The summed E-state index contributed by atoms with van der Waals surface area (Å²) in [5, 5.41) is 10.5. The number of ether oxygens (including phenoxy) is 1. The Morgan fingerprint density at radius 2 is 2.20 bits per heavy atom. The average molecular weight is 206 g/mol.